The van der Waals surface area contributed by atoms with Gasteiger partial charge in [-0.05, 0) is 25.5 Å². The van der Waals surface area contributed by atoms with Crippen LogP contribution in [0.4, 0.5) is 5.95 Å². The molecule has 0 aliphatic carbocycles. The molecule has 0 atom stereocenters. The maximum absolute atomic E-state index is 9.38. The van der Waals surface area contributed by atoms with E-state index in [4.69, 9.17) is 0 Å². The number of pyridine rings is 1. The molecule has 0 saturated heterocycles. The van der Waals surface area contributed by atoms with E-state index in [-0.39, 0.29) is 13.2 Å². The summed E-state index contributed by atoms with van der Waals surface area (Å²) in [4.78, 5) is 4.32. The van der Waals surface area contributed by atoms with Gasteiger partial charge in [0.05, 0.1) is 18.8 Å². The number of aromatic nitrogens is 3. The quantitative estimate of drug-likeness (QED) is 0.723. The molecule has 0 fully saturated rings. The lowest BCUT2D eigenvalue weighted by atomic mass is 9.99. The molecule has 0 aliphatic heterocycles. The highest BCUT2D eigenvalue weighted by atomic mass is 16.3. The van der Waals surface area contributed by atoms with Gasteiger partial charge in [0.25, 0.3) is 0 Å². The van der Waals surface area contributed by atoms with E-state index in [0.717, 1.165) is 11.3 Å². The van der Waals surface area contributed by atoms with E-state index < -0.39 is 5.54 Å². The highest BCUT2D eigenvalue weighted by Gasteiger charge is 2.27. The van der Waals surface area contributed by atoms with Gasteiger partial charge in [-0.3, -0.25) is 0 Å². The summed E-state index contributed by atoms with van der Waals surface area (Å²) < 4.78 is 1.72. The number of hydrogen-bond acceptors (Lipinski definition) is 5. The fourth-order valence-corrected chi connectivity index (χ4v) is 1.77. The van der Waals surface area contributed by atoms with Crippen LogP contribution in [0.25, 0.3) is 5.65 Å². The van der Waals surface area contributed by atoms with Gasteiger partial charge in [0.1, 0.15) is 0 Å². The number of nitrogens with one attached hydrogen (secondary N) is 1. The molecule has 2 aromatic rings. The van der Waals surface area contributed by atoms with Gasteiger partial charge in [-0.2, -0.15) is 4.98 Å². The van der Waals surface area contributed by atoms with Gasteiger partial charge in [-0.15, -0.1) is 5.10 Å². The smallest absolute Gasteiger partial charge is 0.243 e. The van der Waals surface area contributed by atoms with Crippen LogP contribution in [0.1, 0.15) is 19.0 Å². The van der Waals surface area contributed by atoms with E-state index in [1.165, 1.54) is 0 Å². The van der Waals surface area contributed by atoms with Gasteiger partial charge in [0.2, 0.25) is 5.95 Å². The number of aliphatic hydroxyl groups is 2. The molecule has 98 valence electrons. The standard InChI is InChI=1S/C12H18N4O2/c1-3-12(7-17,8-18)14-11-13-10-6-4-5-9(2)16(10)15-11/h4-6,17-18H,3,7-8H2,1-2H3,(H,14,15). The molecule has 0 radical (unpaired) electrons. The summed E-state index contributed by atoms with van der Waals surface area (Å²) in [6, 6.07) is 5.71. The Morgan fingerprint density at radius 3 is 2.61 bits per heavy atom. The third-order valence-electron chi connectivity index (χ3n) is 3.21. The zero-order valence-electron chi connectivity index (χ0n) is 10.6. The second-order valence-corrected chi connectivity index (χ2v) is 4.45. The first kappa shape index (κ1) is 12.8. The SMILES string of the molecule is CCC(CO)(CO)Nc1nc2cccc(C)n2n1. The molecule has 2 rings (SSSR count). The highest BCUT2D eigenvalue weighted by Crippen LogP contribution is 2.16. The normalized spacial score (nSPS) is 12.0. The van der Waals surface area contributed by atoms with E-state index >= 15 is 0 Å². The van der Waals surface area contributed by atoms with Crippen LogP contribution in [0.15, 0.2) is 18.2 Å². The van der Waals surface area contributed by atoms with Gasteiger partial charge in [-0.25, -0.2) is 4.52 Å². The minimum Gasteiger partial charge on any atom is -0.394 e. The molecule has 0 aromatic carbocycles. The van der Waals surface area contributed by atoms with Crippen LogP contribution < -0.4 is 5.32 Å². The third-order valence-corrected chi connectivity index (χ3v) is 3.21. The van der Waals surface area contributed by atoms with Crippen LogP contribution in [0.5, 0.6) is 0 Å². The van der Waals surface area contributed by atoms with Gasteiger partial charge >= 0.3 is 0 Å². The molecular weight excluding hydrogens is 232 g/mol. The van der Waals surface area contributed by atoms with Crippen molar-refractivity contribution in [3.63, 3.8) is 0 Å². The van der Waals surface area contributed by atoms with Gasteiger partial charge in [-0.1, -0.05) is 13.0 Å². The number of fused-ring (bicyclic) bond motifs is 1. The molecule has 2 aromatic heterocycles. The summed E-state index contributed by atoms with van der Waals surface area (Å²) >= 11 is 0. The highest BCUT2D eigenvalue weighted by molar-refractivity contribution is 5.45. The molecule has 18 heavy (non-hydrogen) atoms. The minimum atomic E-state index is -0.779. The Hall–Kier alpha value is -1.66. The number of hydrogen-bond donors (Lipinski definition) is 3. The first-order chi connectivity index (χ1) is 8.64. The Morgan fingerprint density at radius 1 is 1.33 bits per heavy atom. The lowest BCUT2D eigenvalue weighted by Gasteiger charge is -2.28. The summed E-state index contributed by atoms with van der Waals surface area (Å²) in [6.07, 6.45) is 0.578. The van der Waals surface area contributed by atoms with Crippen molar-refractivity contribution in [3.05, 3.63) is 23.9 Å². The van der Waals surface area contributed by atoms with Crippen molar-refractivity contribution in [2.24, 2.45) is 0 Å². The molecule has 0 bridgehead atoms. The van der Waals surface area contributed by atoms with Gasteiger partial charge < -0.3 is 15.5 Å². The van der Waals surface area contributed by atoms with Crippen LogP contribution in [-0.2, 0) is 0 Å². The second kappa shape index (κ2) is 4.91. The van der Waals surface area contributed by atoms with E-state index in [1.54, 1.807) is 4.52 Å². The monoisotopic (exact) mass is 250 g/mol. The van der Waals surface area contributed by atoms with Crippen LogP contribution in [-0.4, -0.2) is 43.6 Å². The van der Waals surface area contributed by atoms with Gasteiger partial charge in [0.15, 0.2) is 5.65 Å². The summed E-state index contributed by atoms with van der Waals surface area (Å²) in [5.41, 5.74) is 0.931. The average molecular weight is 250 g/mol. The Bertz CT molecular complexity index is 526. The van der Waals surface area contributed by atoms with Crippen LogP contribution in [0.2, 0.25) is 0 Å². The van der Waals surface area contributed by atoms with Crippen LogP contribution in [0, 0.1) is 6.92 Å². The molecule has 0 spiro atoms. The largest absolute Gasteiger partial charge is 0.394 e. The Labute approximate surface area is 105 Å². The molecule has 0 amide bonds. The minimum absolute atomic E-state index is 0.172. The summed E-state index contributed by atoms with van der Waals surface area (Å²) in [5.74, 6) is 0.411. The number of aliphatic hydroxyl groups excluding tert-OH is 2. The van der Waals surface area contributed by atoms with Crippen molar-refractivity contribution in [2.75, 3.05) is 18.5 Å². The topological polar surface area (TPSA) is 82.7 Å². The fraction of sp³-hybridized carbons (Fsp3) is 0.500. The Morgan fingerprint density at radius 2 is 2.06 bits per heavy atom. The number of anilines is 1. The first-order valence-electron chi connectivity index (χ1n) is 5.96. The predicted octanol–water partition coefficient (Wildman–Crippen LogP) is 0.583. The Balaban J connectivity index is 2.34. The maximum Gasteiger partial charge on any atom is 0.243 e. The van der Waals surface area contributed by atoms with Crippen molar-refractivity contribution >= 4 is 11.6 Å². The third kappa shape index (κ3) is 2.16. The Kier molecular flexibility index (Phi) is 3.49. The zero-order valence-corrected chi connectivity index (χ0v) is 10.6. The van der Waals surface area contributed by atoms with Crippen molar-refractivity contribution in [1.29, 1.82) is 0 Å². The zero-order chi connectivity index (χ0) is 13.2. The van der Waals surface area contributed by atoms with E-state index in [1.807, 2.05) is 32.0 Å². The molecule has 0 saturated carbocycles. The number of aryl methyl sites for hydroxylation is 1. The molecule has 0 unspecified atom stereocenters. The van der Waals surface area contributed by atoms with E-state index in [0.29, 0.717) is 12.4 Å². The lowest BCUT2D eigenvalue weighted by molar-refractivity contribution is 0.132. The molecule has 3 N–H and O–H groups in total. The number of nitrogens with zero attached hydrogens (tertiary/aromatic N) is 3. The fourth-order valence-electron chi connectivity index (χ4n) is 1.77. The van der Waals surface area contributed by atoms with E-state index in [2.05, 4.69) is 15.4 Å². The summed E-state index contributed by atoms with van der Waals surface area (Å²) in [7, 11) is 0. The van der Waals surface area contributed by atoms with Crippen molar-refractivity contribution in [1.82, 2.24) is 14.6 Å². The molecule has 6 heteroatoms. The van der Waals surface area contributed by atoms with Crippen LogP contribution in [0.3, 0.4) is 0 Å². The van der Waals surface area contributed by atoms with Crippen LogP contribution >= 0.6 is 0 Å². The lowest BCUT2D eigenvalue weighted by Crippen LogP contribution is -2.45. The number of rotatable bonds is 5. The molecule has 2 heterocycles. The molecule has 0 aliphatic rings. The maximum atomic E-state index is 9.38. The predicted molar refractivity (Wildman–Crippen MR) is 68.5 cm³/mol. The molecular formula is C12H18N4O2. The van der Waals surface area contributed by atoms with Crippen molar-refractivity contribution < 1.29 is 10.2 Å². The van der Waals surface area contributed by atoms with Crippen molar-refractivity contribution in [2.45, 2.75) is 25.8 Å². The molecule has 6 nitrogen and oxygen atoms in total. The second-order valence-electron chi connectivity index (χ2n) is 4.45. The van der Waals surface area contributed by atoms with E-state index in [9.17, 15) is 10.2 Å². The summed E-state index contributed by atoms with van der Waals surface area (Å²) in [5, 5.41) is 26.1. The van der Waals surface area contributed by atoms with Crippen molar-refractivity contribution in [3.8, 4) is 0 Å². The average Bonchev–Trinajstić information content (AvgIpc) is 2.80. The van der Waals surface area contributed by atoms with Gasteiger partial charge in [0, 0.05) is 5.69 Å². The first-order valence-corrected chi connectivity index (χ1v) is 5.96. The summed E-state index contributed by atoms with van der Waals surface area (Å²) in [6.45, 7) is 3.49.